The fourth-order valence-electron chi connectivity index (χ4n) is 2.15. The Morgan fingerprint density at radius 1 is 1.31 bits per heavy atom. The molecule has 0 aromatic heterocycles. The minimum absolute atomic E-state index is 0.204. The van der Waals surface area contributed by atoms with Crippen molar-refractivity contribution < 1.29 is 10.2 Å². The third-order valence-electron chi connectivity index (χ3n) is 3.14. The zero-order chi connectivity index (χ0) is 11.5. The fourth-order valence-corrected chi connectivity index (χ4v) is 2.15. The maximum atomic E-state index is 9.60. The molecule has 1 fully saturated rings. The van der Waals surface area contributed by atoms with Crippen LogP contribution < -0.4 is 4.90 Å². The molecule has 0 saturated carbocycles. The molecule has 3 nitrogen and oxygen atoms in total. The Balaban J connectivity index is 2.09. The van der Waals surface area contributed by atoms with Crippen molar-refractivity contribution in [3.8, 4) is 0 Å². The number of hydrogen-bond acceptors (Lipinski definition) is 3. The highest BCUT2D eigenvalue weighted by Gasteiger charge is 2.17. The molecule has 0 aliphatic carbocycles. The molecule has 2 rings (SSSR count). The summed E-state index contributed by atoms with van der Waals surface area (Å²) in [5.74, 6) is 0. The third kappa shape index (κ3) is 2.54. The van der Waals surface area contributed by atoms with E-state index in [9.17, 15) is 10.2 Å². The van der Waals surface area contributed by atoms with Crippen molar-refractivity contribution in [3.63, 3.8) is 0 Å². The minimum atomic E-state index is -0.416. The number of benzene rings is 1. The SMILES string of the molecule is C[C@H](O)c1ccc(N2CCCC(O)C2)cc1. The van der Waals surface area contributed by atoms with Crippen LogP contribution in [0.1, 0.15) is 31.4 Å². The van der Waals surface area contributed by atoms with Gasteiger partial charge in [0.15, 0.2) is 0 Å². The molecule has 1 aliphatic rings. The van der Waals surface area contributed by atoms with Crippen LogP contribution in [-0.2, 0) is 0 Å². The highest BCUT2D eigenvalue weighted by atomic mass is 16.3. The Hall–Kier alpha value is -1.06. The molecule has 1 unspecified atom stereocenters. The van der Waals surface area contributed by atoms with E-state index in [1.165, 1.54) is 0 Å². The number of hydrogen-bond donors (Lipinski definition) is 2. The van der Waals surface area contributed by atoms with Crippen molar-refractivity contribution in [2.45, 2.75) is 32.0 Å². The Labute approximate surface area is 96.3 Å². The van der Waals surface area contributed by atoms with Crippen molar-refractivity contribution in [2.24, 2.45) is 0 Å². The first-order valence-electron chi connectivity index (χ1n) is 5.88. The van der Waals surface area contributed by atoms with E-state index in [1.807, 2.05) is 24.3 Å². The molecule has 1 aromatic carbocycles. The van der Waals surface area contributed by atoms with E-state index in [0.717, 1.165) is 30.6 Å². The van der Waals surface area contributed by atoms with Crippen LogP contribution in [0.25, 0.3) is 0 Å². The summed E-state index contributed by atoms with van der Waals surface area (Å²) in [6, 6.07) is 7.92. The Morgan fingerprint density at radius 2 is 2.00 bits per heavy atom. The number of aliphatic hydroxyl groups is 2. The first-order valence-corrected chi connectivity index (χ1v) is 5.88. The van der Waals surface area contributed by atoms with Crippen LogP contribution in [0.4, 0.5) is 5.69 Å². The average Bonchev–Trinajstić information content (AvgIpc) is 2.29. The lowest BCUT2D eigenvalue weighted by Gasteiger charge is -2.32. The van der Waals surface area contributed by atoms with Crippen LogP contribution in [-0.4, -0.2) is 29.4 Å². The number of rotatable bonds is 2. The molecule has 2 N–H and O–H groups in total. The van der Waals surface area contributed by atoms with Gasteiger partial charge in [0.05, 0.1) is 12.2 Å². The molecule has 0 amide bonds. The van der Waals surface area contributed by atoms with E-state index < -0.39 is 6.10 Å². The molecule has 0 bridgehead atoms. The Bertz CT molecular complexity index is 334. The molecule has 0 radical (unpaired) electrons. The molecule has 88 valence electrons. The van der Waals surface area contributed by atoms with E-state index in [2.05, 4.69) is 4.90 Å². The first kappa shape index (κ1) is 11.4. The van der Waals surface area contributed by atoms with E-state index in [-0.39, 0.29) is 6.10 Å². The number of aliphatic hydroxyl groups excluding tert-OH is 2. The van der Waals surface area contributed by atoms with Gasteiger partial charge < -0.3 is 15.1 Å². The predicted octanol–water partition coefficient (Wildman–Crippen LogP) is 1.70. The van der Waals surface area contributed by atoms with Gasteiger partial charge in [0, 0.05) is 18.8 Å². The van der Waals surface area contributed by atoms with Crippen LogP contribution in [0.15, 0.2) is 24.3 Å². The second kappa shape index (κ2) is 4.85. The fraction of sp³-hybridized carbons (Fsp3) is 0.538. The molecule has 1 aromatic rings. The summed E-state index contributed by atoms with van der Waals surface area (Å²) in [5.41, 5.74) is 2.06. The van der Waals surface area contributed by atoms with Crippen molar-refractivity contribution in [1.29, 1.82) is 0 Å². The van der Waals surface area contributed by atoms with Gasteiger partial charge in [-0.2, -0.15) is 0 Å². The highest BCUT2D eigenvalue weighted by molar-refractivity contribution is 5.48. The molecule has 0 spiro atoms. The molecule has 16 heavy (non-hydrogen) atoms. The normalized spacial score (nSPS) is 23.2. The Morgan fingerprint density at radius 3 is 2.56 bits per heavy atom. The zero-order valence-corrected chi connectivity index (χ0v) is 9.63. The van der Waals surface area contributed by atoms with Gasteiger partial charge >= 0.3 is 0 Å². The van der Waals surface area contributed by atoms with E-state index in [1.54, 1.807) is 6.92 Å². The highest BCUT2D eigenvalue weighted by Crippen LogP contribution is 2.22. The maximum absolute atomic E-state index is 9.60. The summed E-state index contributed by atoms with van der Waals surface area (Å²) >= 11 is 0. The van der Waals surface area contributed by atoms with Gasteiger partial charge in [-0.25, -0.2) is 0 Å². The van der Waals surface area contributed by atoms with Gasteiger partial charge in [-0.3, -0.25) is 0 Å². The van der Waals surface area contributed by atoms with Gasteiger partial charge in [-0.05, 0) is 37.5 Å². The minimum Gasteiger partial charge on any atom is -0.391 e. The van der Waals surface area contributed by atoms with Crippen molar-refractivity contribution >= 4 is 5.69 Å². The van der Waals surface area contributed by atoms with E-state index >= 15 is 0 Å². The maximum Gasteiger partial charge on any atom is 0.0761 e. The number of piperidine rings is 1. The van der Waals surface area contributed by atoms with Crippen LogP contribution in [0.5, 0.6) is 0 Å². The molecule has 2 atom stereocenters. The molecule has 1 heterocycles. The van der Waals surface area contributed by atoms with Crippen molar-refractivity contribution in [2.75, 3.05) is 18.0 Å². The monoisotopic (exact) mass is 221 g/mol. The van der Waals surface area contributed by atoms with Crippen molar-refractivity contribution in [1.82, 2.24) is 0 Å². The molecule has 3 heteroatoms. The van der Waals surface area contributed by atoms with Crippen molar-refractivity contribution in [3.05, 3.63) is 29.8 Å². The lowest BCUT2D eigenvalue weighted by molar-refractivity contribution is 0.154. The lowest BCUT2D eigenvalue weighted by atomic mass is 10.1. The number of β-amino-alcohol motifs (C(OH)–C–C–N with tert-alkyl or cyclic N) is 1. The second-order valence-corrected chi connectivity index (χ2v) is 4.51. The van der Waals surface area contributed by atoms with Gasteiger partial charge in [0.2, 0.25) is 0 Å². The van der Waals surface area contributed by atoms with Gasteiger partial charge in [-0.15, -0.1) is 0 Å². The number of anilines is 1. The van der Waals surface area contributed by atoms with Gasteiger partial charge in [0.1, 0.15) is 0 Å². The van der Waals surface area contributed by atoms with Crippen LogP contribution in [0.2, 0.25) is 0 Å². The number of nitrogens with zero attached hydrogens (tertiary/aromatic N) is 1. The first-order chi connectivity index (χ1) is 7.66. The summed E-state index contributed by atoms with van der Waals surface area (Å²) in [6.07, 6.45) is 1.33. The summed E-state index contributed by atoms with van der Waals surface area (Å²) in [6.45, 7) is 3.48. The molecular weight excluding hydrogens is 202 g/mol. The topological polar surface area (TPSA) is 43.7 Å². The quantitative estimate of drug-likeness (QED) is 0.799. The summed E-state index contributed by atoms with van der Waals surface area (Å²) in [4.78, 5) is 2.19. The molecule has 1 aliphatic heterocycles. The summed E-state index contributed by atoms with van der Waals surface area (Å²) in [5, 5.41) is 19.0. The Kier molecular flexibility index (Phi) is 3.46. The average molecular weight is 221 g/mol. The van der Waals surface area contributed by atoms with Crippen LogP contribution in [0, 0.1) is 0 Å². The molecular formula is C13H19NO2. The predicted molar refractivity (Wildman–Crippen MR) is 64.5 cm³/mol. The lowest BCUT2D eigenvalue weighted by Crippen LogP contribution is -2.38. The van der Waals surface area contributed by atoms with E-state index in [4.69, 9.17) is 0 Å². The summed E-state index contributed by atoms with van der Waals surface area (Å²) < 4.78 is 0. The van der Waals surface area contributed by atoms with Crippen LogP contribution >= 0.6 is 0 Å². The van der Waals surface area contributed by atoms with Gasteiger partial charge in [0.25, 0.3) is 0 Å². The van der Waals surface area contributed by atoms with E-state index in [0.29, 0.717) is 6.54 Å². The molecule has 1 saturated heterocycles. The summed E-state index contributed by atoms with van der Waals surface area (Å²) in [7, 11) is 0. The zero-order valence-electron chi connectivity index (χ0n) is 9.63. The third-order valence-corrected chi connectivity index (χ3v) is 3.14. The standard InChI is InChI=1S/C13H19NO2/c1-10(15)11-4-6-12(7-5-11)14-8-2-3-13(16)9-14/h4-7,10,13,15-16H,2-3,8-9H2,1H3/t10-,13?/m0/s1. The van der Waals surface area contributed by atoms with Gasteiger partial charge in [-0.1, -0.05) is 12.1 Å². The smallest absolute Gasteiger partial charge is 0.0761 e. The van der Waals surface area contributed by atoms with Crippen LogP contribution in [0.3, 0.4) is 0 Å². The second-order valence-electron chi connectivity index (χ2n) is 4.51. The largest absolute Gasteiger partial charge is 0.391 e.